The van der Waals surface area contributed by atoms with Gasteiger partial charge in [-0.3, -0.25) is 5.43 Å². The molecule has 0 aliphatic carbocycles. The zero-order valence-electron chi connectivity index (χ0n) is 15.2. The Labute approximate surface area is 153 Å². The molecular weight excluding hydrogens is 367 g/mol. The van der Waals surface area contributed by atoms with Crippen molar-refractivity contribution in [3.05, 3.63) is 35.5 Å². The second-order valence-corrected chi connectivity index (χ2v) is 6.53. The lowest BCUT2D eigenvalue weighted by atomic mass is 10.2. The Morgan fingerprint density at radius 2 is 1.78 bits per heavy atom. The number of hydrogen-bond acceptors (Lipinski definition) is 6. The van der Waals surface area contributed by atoms with E-state index in [0.717, 1.165) is 4.80 Å². The number of rotatable bonds is 5. The Morgan fingerprint density at radius 1 is 1.15 bits per heavy atom. The van der Waals surface area contributed by atoms with Crippen LogP contribution in [0.25, 0.3) is 0 Å². The third-order valence-electron chi connectivity index (χ3n) is 3.09. The Bertz CT molecular complexity index is 782. The second-order valence-electron chi connectivity index (χ2n) is 6.53. The molecule has 2 rings (SSSR count). The van der Waals surface area contributed by atoms with Gasteiger partial charge in [0.1, 0.15) is 11.4 Å². The van der Waals surface area contributed by atoms with Gasteiger partial charge in [0.15, 0.2) is 5.82 Å². The number of halogens is 3. The summed E-state index contributed by atoms with van der Waals surface area (Å²) in [7, 11) is 1.51. The molecule has 0 atom stereocenters. The highest BCUT2D eigenvalue weighted by atomic mass is 19.4. The van der Waals surface area contributed by atoms with Gasteiger partial charge in [-0.1, -0.05) is 12.1 Å². The normalized spacial score (nSPS) is 11.8. The molecule has 148 valence electrons. The Morgan fingerprint density at radius 3 is 2.30 bits per heavy atom. The first kappa shape index (κ1) is 20.3. The molecule has 0 radical (unpaired) electrons. The molecule has 1 amide bonds. The summed E-state index contributed by atoms with van der Waals surface area (Å²) in [6, 6.07) is 6.71. The molecule has 0 bridgehead atoms. The smallest absolute Gasteiger partial charge is 0.439 e. The summed E-state index contributed by atoms with van der Waals surface area (Å²) in [5.41, 5.74) is 2.74. The van der Waals surface area contributed by atoms with Crippen molar-refractivity contribution in [2.45, 2.75) is 39.1 Å². The van der Waals surface area contributed by atoms with Crippen LogP contribution in [-0.4, -0.2) is 33.8 Å². The largest absolute Gasteiger partial charge is 0.497 e. The topological polar surface area (TPSA) is 90.3 Å². The molecule has 0 aliphatic rings. The highest BCUT2D eigenvalue weighted by molar-refractivity contribution is 5.69. The number of carbonyl (C=O) groups excluding carboxylic acids is 1. The van der Waals surface area contributed by atoms with Gasteiger partial charge in [-0.15, -0.1) is 10.2 Å². The van der Waals surface area contributed by atoms with Gasteiger partial charge in [0.2, 0.25) is 5.69 Å². The molecule has 0 spiro atoms. The second kappa shape index (κ2) is 7.72. The Balaban J connectivity index is 2.15. The van der Waals surface area contributed by atoms with Crippen LogP contribution in [0.5, 0.6) is 5.75 Å². The van der Waals surface area contributed by atoms with Crippen LogP contribution in [0.15, 0.2) is 24.3 Å². The van der Waals surface area contributed by atoms with Gasteiger partial charge in [0.25, 0.3) is 0 Å². The zero-order valence-corrected chi connectivity index (χ0v) is 15.2. The molecule has 27 heavy (non-hydrogen) atoms. The molecule has 11 heteroatoms. The van der Waals surface area contributed by atoms with E-state index in [1.165, 1.54) is 7.11 Å². The summed E-state index contributed by atoms with van der Waals surface area (Å²) in [6.07, 6.45) is -5.70. The van der Waals surface area contributed by atoms with Crippen molar-refractivity contribution >= 4 is 11.9 Å². The third-order valence-corrected chi connectivity index (χ3v) is 3.09. The van der Waals surface area contributed by atoms with E-state index in [4.69, 9.17) is 9.47 Å². The van der Waals surface area contributed by atoms with Crippen molar-refractivity contribution in [3.63, 3.8) is 0 Å². The summed E-state index contributed by atoms with van der Waals surface area (Å²) in [5, 5.41) is 7.22. The van der Waals surface area contributed by atoms with Crippen LogP contribution in [0, 0.1) is 0 Å². The van der Waals surface area contributed by atoms with Crippen molar-refractivity contribution < 1.29 is 27.4 Å². The lowest BCUT2D eigenvalue weighted by Crippen LogP contribution is -2.36. The number of aromatic nitrogens is 3. The fourth-order valence-electron chi connectivity index (χ4n) is 2.00. The first-order valence-electron chi connectivity index (χ1n) is 7.88. The summed E-state index contributed by atoms with van der Waals surface area (Å²) < 4.78 is 49.5. The molecule has 2 N–H and O–H groups in total. The van der Waals surface area contributed by atoms with Crippen LogP contribution in [0.2, 0.25) is 0 Å². The molecule has 1 aromatic heterocycles. The molecule has 0 unspecified atom stereocenters. The number of hydrazine groups is 1. The van der Waals surface area contributed by atoms with Crippen LogP contribution < -0.4 is 15.6 Å². The maximum atomic E-state index is 13.2. The van der Waals surface area contributed by atoms with Gasteiger partial charge in [0.05, 0.1) is 13.7 Å². The molecule has 2 aromatic rings. The number of anilines is 1. The Hall–Kier alpha value is -2.98. The van der Waals surface area contributed by atoms with Crippen molar-refractivity contribution in [1.82, 2.24) is 20.4 Å². The fraction of sp³-hybridized carbons (Fsp3) is 0.438. The first-order chi connectivity index (χ1) is 12.5. The number of ether oxygens (including phenoxy) is 2. The summed E-state index contributed by atoms with van der Waals surface area (Å²) in [6.45, 7) is 4.87. The molecule has 1 aromatic carbocycles. The number of methoxy groups -OCH3 is 1. The van der Waals surface area contributed by atoms with Crippen LogP contribution in [0.3, 0.4) is 0 Å². The lowest BCUT2D eigenvalue weighted by Gasteiger charge is -2.19. The molecule has 8 nitrogen and oxygen atoms in total. The van der Waals surface area contributed by atoms with Gasteiger partial charge in [-0.05, 0) is 38.5 Å². The SMILES string of the molecule is COc1ccc(Cn2nc(NNC(=O)OC(C)(C)C)c(C(F)(F)F)n2)cc1. The van der Waals surface area contributed by atoms with E-state index < -0.39 is 29.4 Å². The van der Waals surface area contributed by atoms with Crippen LogP contribution >= 0.6 is 0 Å². The van der Waals surface area contributed by atoms with Gasteiger partial charge in [-0.25, -0.2) is 10.2 Å². The molecule has 0 aliphatic heterocycles. The van der Waals surface area contributed by atoms with Crippen LogP contribution in [0.1, 0.15) is 32.0 Å². The Kier molecular flexibility index (Phi) is 5.82. The number of carbonyl (C=O) groups is 1. The van der Waals surface area contributed by atoms with Crippen LogP contribution in [0.4, 0.5) is 23.8 Å². The van der Waals surface area contributed by atoms with Crippen molar-refractivity contribution in [1.29, 1.82) is 0 Å². The number of benzene rings is 1. The van der Waals surface area contributed by atoms with E-state index in [1.54, 1.807) is 45.0 Å². The standard InChI is InChI=1S/C16H20F3N5O3/c1-15(2,3)27-14(25)21-20-13-12(16(17,18)19)22-24(23-13)9-10-5-7-11(26-4)8-6-10/h5-8H,9H2,1-4H3,(H,20,23)(H,21,25). The lowest BCUT2D eigenvalue weighted by molar-refractivity contribution is -0.140. The minimum atomic E-state index is -4.75. The van der Waals surface area contributed by atoms with Gasteiger partial charge >= 0.3 is 12.3 Å². The van der Waals surface area contributed by atoms with E-state index in [1.807, 2.05) is 5.43 Å². The number of hydrogen-bond donors (Lipinski definition) is 2. The van der Waals surface area contributed by atoms with E-state index in [0.29, 0.717) is 11.3 Å². The van der Waals surface area contributed by atoms with Gasteiger partial charge < -0.3 is 9.47 Å². The predicted octanol–water partition coefficient (Wildman–Crippen LogP) is 3.21. The monoisotopic (exact) mass is 387 g/mol. The van der Waals surface area contributed by atoms with Crippen molar-refractivity contribution in [2.75, 3.05) is 12.5 Å². The molecule has 1 heterocycles. The number of alkyl halides is 3. The minimum Gasteiger partial charge on any atom is -0.497 e. The summed E-state index contributed by atoms with van der Waals surface area (Å²) >= 11 is 0. The van der Waals surface area contributed by atoms with Gasteiger partial charge in [-0.2, -0.15) is 18.0 Å². The fourth-order valence-corrected chi connectivity index (χ4v) is 2.00. The molecule has 0 fully saturated rings. The van der Waals surface area contributed by atoms with Crippen molar-refractivity contribution in [2.24, 2.45) is 0 Å². The minimum absolute atomic E-state index is 0.00118. The molecule has 0 saturated heterocycles. The number of amides is 1. The van der Waals surface area contributed by atoms with Gasteiger partial charge in [0, 0.05) is 0 Å². The highest BCUT2D eigenvalue weighted by Gasteiger charge is 2.39. The molecule has 0 saturated carbocycles. The third kappa shape index (κ3) is 6.04. The van der Waals surface area contributed by atoms with E-state index in [-0.39, 0.29) is 6.54 Å². The highest BCUT2D eigenvalue weighted by Crippen LogP contribution is 2.32. The average molecular weight is 387 g/mol. The quantitative estimate of drug-likeness (QED) is 0.766. The summed E-state index contributed by atoms with van der Waals surface area (Å²) in [4.78, 5) is 12.5. The van der Waals surface area contributed by atoms with E-state index >= 15 is 0 Å². The predicted molar refractivity (Wildman–Crippen MR) is 90.1 cm³/mol. The maximum absolute atomic E-state index is 13.2. The van der Waals surface area contributed by atoms with E-state index in [2.05, 4.69) is 15.6 Å². The average Bonchev–Trinajstić information content (AvgIpc) is 2.95. The molecular formula is C16H20F3N5O3. The van der Waals surface area contributed by atoms with Crippen molar-refractivity contribution in [3.8, 4) is 5.75 Å². The maximum Gasteiger partial charge on any atom is 0.439 e. The zero-order chi connectivity index (χ0) is 20.2. The number of nitrogens with zero attached hydrogens (tertiary/aromatic N) is 3. The van der Waals surface area contributed by atoms with E-state index in [9.17, 15) is 18.0 Å². The number of nitrogens with one attached hydrogen (secondary N) is 2. The van der Waals surface area contributed by atoms with Crippen LogP contribution in [-0.2, 0) is 17.5 Å². The summed E-state index contributed by atoms with van der Waals surface area (Å²) in [5.74, 6) is -0.0195. The first-order valence-corrected chi connectivity index (χ1v) is 7.88.